The molecule has 128 valence electrons. The number of rotatable bonds is 4. The molecule has 0 aliphatic carbocycles. The van der Waals surface area contributed by atoms with E-state index in [2.05, 4.69) is 17.0 Å². The summed E-state index contributed by atoms with van der Waals surface area (Å²) in [5.41, 5.74) is 1.67. The number of para-hydroxylation sites is 1. The first-order chi connectivity index (χ1) is 12.3. The fourth-order valence-corrected chi connectivity index (χ4v) is 3.31. The minimum atomic E-state index is -0.246. The zero-order chi connectivity index (χ0) is 17.1. The SMILES string of the molecule is Fc1cccc(COc2cccc3ccc(N4CCCCC4)nc23)c1. The summed E-state index contributed by atoms with van der Waals surface area (Å²) in [6.45, 7) is 2.45. The molecule has 0 atom stereocenters. The summed E-state index contributed by atoms with van der Waals surface area (Å²) in [4.78, 5) is 7.20. The van der Waals surface area contributed by atoms with Crippen LogP contribution in [0.1, 0.15) is 24.8 Å². The molecule has 3 nitrogen and oxygen atoms in total. The minimum absolute atomic E-state index is 0.246. The lowest BCUT2D eigenvalue weighted by Crippen LogP contribution is -2.30. The number of piperidine rings is 1. The number of fused-ring (bicyclic) bond motifs is 1. The molecule has 4 rings (SSSR count). The Hall–Kier alpha value is -2.62. The normalized spacial score (nSPS) is 14.7. The first kappa shape index (κ1) is 15.9. The molecule has 0 N–H and O–H groups in total. The van der Waals surface area contributed by atoms with E-state index in [4.69, 9.17) is 9.72 Å². The van der Waals surface area contributed by atoms with Crippen LogP contribution >= 0.6 is 0 Å². The summed E-state index contributed by atoms with van der Waals surface area (Å²) >= 11 is 0. The standard InChI is InChI=1S/C21H21FN2O/c22-18-8-4-6-16(14-18)15-25-19-9-5-7-17-10-11-20(23-21(17)19)24-12-2-1-3-13-24/h4-11,14H,1-3,12-13,15H2. The van der Waals surface area contributed by atoms with Crippen LogP contribution in [-0.2, 0) is 6.61 Å². The van der Waals surface area contributed by atoms with Gasteiger partial charge in [-0.1, -0.05) is 24.3 Å². The van der Waals surface area contributed by atoms with E-state index >= 15 is 0 Å². The van der Waals surface area contributed by atoms with Crippen molar-refractivity contribution in [1.29, 1.82) is 0 Å². The Labute approximate surface area is 147 Å². The molecule has 0 unspecified atom stereocenters. The van der Waals surface area contributed by atoms with E-state index < -0.39 is 0 Å². The predicted molar refractivity (Wildman–Crippen MR) is 98.5 cm³/mol. The molecular formula is C21H21FN2O. The third kappa shape index (κ3) is 3.58. The third-order valence-electron chi connectivity index (χ3n) is 4.63. The molecule has 1 aromatic heterocycles. The van der Waals surface area contributed by atoms with Crippen molar-refractivity contribution < 1.29 is 9.13 Å². The lowest BCUT2D eigenvalue weighted by Gasteiger charge is -2.28. The Balaban J connectivity index is 1.61. The molecule has 25 heavy (non-hydrogen) atoms. The maximum atomic E-state index is 13.3. The van der Waals surface area contributed by atoms with E-state index in [1.165, 1.54) is 31.4 Å². The van der Waals surface area contributed by atoms with E-state index in [-0.39, 0.29) is 5.82 Å². The Morgan fingerprint density at radius 3 is 2.64 bits per heavy atom. The van der Waals surface area contributed by atoms with Gasteiger partial charge in [0.15, 0.2) is 0 Å². The highest BCUT2D eigenvalue weighted by atomic mass is 19.1. The van der Waals surface area contributed by atoms with Gasteiger partial charge in [0.25, 0.3) is 0 Å². The molecule has 0 amide bonds. The second kappa shape index (κ2) is 7.09. The second-order valence-electron chi connectivity index (χ2n) is 6.46. The summed E-state index contributed by atoms with van der Waals surface area (Å²) in [5, 5.41) is 1.05. The van der Waals surface area contributed by atoms with E-state index in [9.17, 15) is 4.39 Å². The molecule has 3 aromatic rings. The largest absolute Gasteiger partial charge is 0.487 e. The van der Waals surface area contributed by atoms with Crippen LogP contribution in [0.5, 0.6) is 5.75 Å². The molecule has 1 saturated heterocycles. The van der Waals surface area contributed by atoms with Crippen molar-refractivity contribution in [2.24, 2.45) is 0 Å². The Morgan fingerprint density at radius 2 is 1.80 bits per heavy atom. The molecule has 1 aliphatic rings. The summed E-state index contributed by atoms with van der Waals surface area (Å²) < 4.78 is 19.3. The average Bonchev–Trinajstić information content (AvgIpc) is 2.67. The lowest BCUT2D eigenvalue weighted by atomic mass is 10.1. The Bertz CT molecular complexity index is 875. The lowest BCUT2D eigenvalue weighted by molar-refractivity contribution is 0.309. The van der Waals surface area contributed by atoms with Crippen LogP contribution < -0.4 is 9.64 Å². The van der Waals surface area contributed by atoms with Crippen LogP contribution in [0.25, 0.3) is 10.9 Å². The van der Waals surface area contributed by atoms with Crippen LogP contribution in [-0.4, -0.2) is 18.1 Å². The van der Waals surface area contributed by atoms with E-state index in [1.807, 2.05) is 24.3 Å². The number of hydrogen-bond donors (Lipinski definition) is 0. The van der Waals surface area contributed by atoms with Crippen molar-refractivity contribution >= 4 is 16.7 Å². The minimum Gasteiger partial charge on any atom is -0.487 e. The second-order valence-corrected chi connectivity index (χ2v) is 6.46. The quantitative estimate of drug-likeness (QED) is 0.674. The van der Waals surface area contributed by atoms with Gasteiger partial charge in [-0.15, -0.1) is 0 Å². The number of anilines is 1. The molecule has 0 bridgehead atoms. The van der Waals surface area contributed by atoms with Gasteiger partial charge in [-0.25, -0.2) is 9.37 Å². The van der Waals surface area contributed by atoms with Crippen molar-refractivity contribution in [1.82, 2.24) is 4.98 Å². The topological polar surface area (TPSA) is 25.4 Å². The van der Waals surface area contributed by atoms with Crippen LogP contribution in [0.15, 0.2) is 54.6 Å². The van der Waals surface area contributed by atoms with Crippen molar-refractivity contribution in [3.05, 3.63) is 66.0 Å². The molecule has 1 fully saturated rings. The highest BCUT2D eigenvalue weighted by molar-refractivity contribution is 5.86. The van der Waals surface area contributed by atoms with Gasteiger partial charge in [0, 0.05) is 18.5 Å². The summed E-state index contributed by atoms with van der Waals surface area (Å²) in [6.07, 6.45) is 3.74. The van der Waals surface area contributed by atoms with Crippen LogP contribution in [0.2, 0.25) is 0 Å². The van der Waals surface area contributed by atoms with Gasteiger partial charge in [-0.3, -0.25) is 0 Å². The third-order valence-corrected chi connectivity index (χ3v) is 4.63. The molecule has 1 aliphatic heterocycles. The van der Waals surface area contributed by atoms with E-state index in [0.717, 1.165) is 41.1 Å². The highest BCUT2D eigenvalue weighted by Gasteiger charge is 2.13. The molecule has 0 spiro atoms. The Kier molecular flexibility index (Phi) is 4.51. The van der Waals surface area contributed by atoms with Gasteiger partial charge in [0.2, 0.25) is 0 Å². The zero-order valence-corrected chi connectivity index (χ0v) is 14.1. The van der Waals surface area contributed by atoms with Gasteiger partial charge in [0.05, 0.1) is 0 Å². The number of halogens is 1. The van der Waals surface area contributed by atoms with E-state index in [1.54, 1.807) is 6.07 Å². The van der Waals surface area contributed by atoms with Crippen molar-refractivity contribution in [3.63, 3.8) is 0 Å². The molecule has 0 radical (unpaired) electrons. The monoisotopic (exact) mass is 336 g/mol. The average molecular weight is 336 g/mol. The number of hydrogen-bond acceptors (Lipinski definition) is 3. The molecule has 2 heterocycles. The molecule has 4 heteroatoms. The summed E-state index contributed by atoms with van der Waals surface area (Å²) in [6, 6.07) is 16.6. The van der Waals surface area contributed by atoms with Gasteiger partial charge in [-0.2, -0.15) is 0 Å². The number of pyridine rings is 1. The maximum Gasteiger partial charge on any atom is 0.146 e. The molecule has 2 aromatic carbocycles. The predicted octanol–water partition coefficient (Wildman–Crippen LogP) is 4.94. The highest BCUT2D eigenvalue weighted by Crippen LogP contribution is 2.28. The van der Waals surface area contributed by atoms with Gasteiger partial charge in [0.1, 0.15) is 29.5 Å². The van der Waals surface area contributed by atoms with Crippen molar-refractivity contribution in [3.8, 4) is 5.75 Å². The fraction of sp³-hybridized carbons (Fsp3) is 0.286. The first-order valence-electron chi connectivity index (χ1n) is 8.81. The fourth-order valence-electron chi connectivity index (χ4n) is 3.31. The summed E-state index contributed by atoms with van der Waals surface area (Å²) in [5.74, 6) is 1.50. The molecular weight excluding hydrogens is 315 g/mol. The zero-order valence-electron chi connectivity index (χ0n) is 14.1. The van der Waals surface area contributed by atoms with Crippen LogP contribution in [0, 0.1) is 5.82 Å². The van der Waals surface area contributed by atoms with Crippen LogP contribution in [0.4, 0.5) is 10.2 Å². The molecule has 0 saturated carbocycles. The van der Waals surface area contributed by atoms with Crippen LogP contribution in [0.3, 0.4) is 0 Å². The smallest absolute Gasteiger partial charge is 0.146 e. The number of nitrogens with zero attached hydrogens (tertiary/aromatic N) is 2. The maximum absolute atomic E-state index is 13.3. The number of aromatic nitrogens is 1. The Morgan fingerprint density at radius 1 is 0.960 bits per heavy atom. The number of ether oxygens (including phenoxy) is 1. The van der Waals surface area contributed by atoms with E-state index in [0.29, 0.717) is 6.61 Å². The van der Waals surface area contributed by atoms with Gasteiger partial charge >= 0.3 is 0 Å². The van der Waals surface area contributed by atoms with Crippen molar-refractivity contribution in [2.75, 3.05) is 18.0 Å². The first-order valence-corrected chi connectivity index (χ1v) is 8.81. The summed E-state index contributed by atoms with van der Waals surface area (Å²) in [7, 11) is 0. The van der Waals surface area contributed by atoms with Gasteiger partial charge in [-0.05, 0) is 55.2 Å². The van der Waals surface area contributed by atoms with Crippen molar-refractivity contribution in [2.45, 2.75) is 25.9 Å². The van der Waals surface area contributed by atoms with Gasteiger partial charge < -0.3 is 9.64 Å². The number of benzene rings is 2.